The molecule has 0 saturated heterocycles. The summed E-state index contributed by atoms with van der Waals surface area (Å²) in [5.74, 6) is 0. The highest BCUT2D eigenvalue weighted by atomic mass is 16.4. The number of hydrogen-bond acceptors (Lipinski definition) is 9. The molecule has 0 spiro atoms. The van der Waals surface area contributed by atoms with E-state index in [0.29, 0.717) is 11.4 Å². The third-order valence-electron chi connectivity index (χ3n) is 3.20. The molecule has 1 heterocycles. The Bertz CT molecular complexity index is 419. The van der Waals surface area contributed by atoms with Crippen LogP contribution in [0.1, 0.15) is 11.4 Å². The van der Waals surface area contributed by atoms with Crippen LogP contribution in [0.3, 0.4) is 0 Å². The van der Waals surface area contributed by atoms with E-state index in [2.05, 4.69) is 15.3 Å². The van der Waals surface area contributed by atoms with Crippen molar-refractivity contribution in [1.29, 1.82) is 0 Å². The van der Waals surface area contributed by atoms with Crippen molar-refractivity contribution in [3.8, 4) is 0 Å². The minimum Gasteiger partial charge on any atom is -0.395 e. The summed E-state index contributed by atoms with van der Waals surface area (Å²) in [6.07, 6.45) is -0.478. The zero-order valence-electron chi connectivity index (χ0n) is 12.1. The number of aliphatic hydroxyl groups excluding tert-OH is 6. The molecule has 9 heteroatoms. The Morgan fingerprint density at radius 1 is 0.818 bits per heavy atom. The normalized spacial score (nSPS) is 17.0. The number of aliphatic hydroxyl groups is 6. The fourth-order valence-electron chi connectivity index (χ4n) is 1.74. The monoisotopic (exact) mass is 317 g/mol. The summed E-state index contributed by atoms with van der Waals surface area (Å²) in [5.41, 5.74) is 1.00. The third kappa shape index (κ3) is 5.89. The SMILES string of the molecule is OC[C@@H](O)[C@@H](O)Cc1cnc(CN[C@H](CO)[C@H](O)CO)cn1. The number of aromatic nitrogens is 2. The molecule has 1 aromatic heterocycles. The number of nitrogens with one attached hydrogen (secondary N) is 1. The Kier molecular flexibility index (Phi) is 8.35. The van der Waals surface area contributed by atoms with E-state index in [1.165, 1.54) is 12.4 Å². The molecule has 0 aliphatic carbocycles. The molecule has 0 aliphatic heterocycles. The molecule has 1 rings (SSSR count). The first-order chi connectivity index (χ1) is 10.5. The first-order valence-corrected chi connectivity index (χ1v) is 6.91. The molecule has 0 aliphatic rings. The molecule has 0 aromatic carbocycles. The third-order valence-corrected chi connectivity index (χ3v) is 3.20. The van der Waals surface area contributed by atoms with E-state index in [1.807, 2.05) is 0 Å². The first kappa shape index (κ1) is 18.8. The lowest BCUT2D eigenvalue weighted by molar-refractivity contribution is -0.0137. The van der Waals surface area contributed by atoms with E-state index in [0.717, 1.165) is 0 Å². The van der Waals surface area contributed by atoms with Gasteiger partial charge in [-0.2, -0.15) is 0 Å². The van der Waals surface area contributed by atoms with E-state index in [9.17, 15) is 15.3 Å². The average Bonchev–Trinajstić information content (AvgIpc) is 2.55. The summed E-state index contributed by atoms with van der Waals surface area (Å²) in [6.45, 7) is -1.10. The second-order valence-electron chi connectivity index (χ2n) is 4.94. The molecule has 0 amide bonds. The average molecular weight is 317 g/mol. The van der Waals surface area contributed by atoms with Gasteiger partial charge in [0.05, 0.1) is 55.7 Å². The Balaban J connectivity index is 2.51. The van der Waals surface area contributed by atoms with Crippen molar-refractivity contribution in [3.63, 3.8) is 0 Å². The van der Waals surface area contributed by atoms with E-state index in [4.69, 9.17) is 15.3 Å². The molecule has 126 valence electrons. The summed E-state index contributed by atoms with van der Waals surface area (Å²) in [7, 11) is 0. The van der Waals surface area contributed by atoms with Gasteiger partial charge < -0.3 is 36.0 Å². The van der Waals surface area contributed by atoms with Crippen LogP contribution in [0.25, 0.3) is 0 Å². The van der Waals surface area contributed by atoms with Crippen molar-refractivity contribution < 1.29 is 30.6 Å². The molecule has 1 aromatic rings. The second-order valence-corrected chi connectivity index (χ2v) is 4.94. The quantitative estimate of drug-likeness (QED) is 0.233. The van der Waals surface area contributed by atoms with Gasteiger partial charge >= 0.3 is 0 Å². The fraction of sp³-hybridized carbons (Fsp3) is 0.692. The van der Waals surface area contributed by atoms with Gasteiger partial charge in [0.15, 0.2) is 0 Å². The summed E-state index contributed by atoms with van der Waals surface area (Å²) in [5, 5.41) is 57.7. The van der Waals surface area contributed by atoms with Crippen LogP contribution in [0.2, 0.25) is 0 Å². The Hall–Kier alpha value is -1.20. The summed E-state index contributed by atoms with van der Waals surface area (Å²) >= 11 is 0. The maximum atomic E-state index is 9.57. The lowest BCUT2D eigenvalue weighted by atomic mass is 10.1. The van der Waals surface area contributed by atoms with Gasteiger partial charge in [-0.1, -0.05) is 0 Å². The van der Waals surface area contributed by atoms with E-state index in [1.54, 1.807) is 0 Å². The molecular formula is C13H23N3O6. The smallest absolute Gasteiger partial charge is 0.103 e. The van der Waals surface area contributed by atoms with Crippen molar-refractivity contribution in [2.75, 3.05) is 19.8 Å². The van der Waals surface area contributed by atoms with Crippen molar-refractivity contribution in [2.45, 2.75) is 37.3 Å². The van der Waals surface area contributed by atoms with Gasteiger partial charge in [-0.3, -0.25) is 9.97 Å². The molecule has 7 N–H and O–H groups in total. The standard InChI is InChI=1S/C13H23N3O6/c17-5-10(12(21)6-18)16-4-9-3-14-8(2-15-9)1-11(20)13(22)7-19/h2-3,10-13,16-22H,1,4-7H2/t10-,11+,12-,13-/m1/s1. The van der Waals surface area contributed by atoms with Crippen molar-refractivity contribution in [2.24, 2.45) is 0 Å². The molecule has 0 bridgehead atoms. The van der Waals surface area contributed by atoms with E-state index < -0.39 is 37.6 Å². The van der Waals surface area contributed by atoms with Crippen LogP contribution in [0.5, 0.6) is 0 Å². The first-order valence-electron chi connectivity index (χ1n) is 6.91. The summed E-state index contributed by atoms with van der Waals surface area (Å²) < 4.78 is 0. The molecular weight excluding hydrogens is 294 g/mol. The summed E-state index contributed by atoms with van der Waals surface area (Å²) in [6, 6.07) is -0.673. The second kappa shape index (κ2) is 9.74. The molecule has 0 saturated carbocycles. The Morgan fingerprint density at radius 2 is 1.41 bits per heavy atom. The zero-order valence-corrected chi connectivity index (χ0v) is 12.1. The molecule has 22 heavy (non-hydrogen) atoms. The highest BCUT2D eigenvalue weighted by Gasteiger charge is 2.18. The van der Waals surface area contributed by atoms with Crippen LogP contribution in [-0.2, 0) is 13.0 Å². The maximum absolute atomic E-state index is 9.57. The predicted octanol–water partition coefficient (Wildman–Crippen LogP) is -3.46. The van der Waals surface area contributed by atoms with Crippen LogP contribution in [-0.4, -0.2) is 84.8 Å². The van der Waals surface area contributed by atoms with Gasteiger partial charge in [-0.15, -0.1) is 0 Å². The molecule has 4 atom stereocenters. The number of nitrogens with zero attached hydrogens (tertiary/aromatic N) is 2. The van der Waals surface area contributed by atoms with Crippen molar-refractivity contribution >= 4 is 0 Å². The lowest BCUT2D eigenvalue weighted by Crippen LogP contribution is -2.44. The van der Waals surface area contributed by atoms with Crippen molar-refractivity contribution in [3.05, 3.63) is 23.8 Å². The molecule has 0 radical (unpaired) electrons. The van der Waals surface area contributed by atoms with Gasteiger partial charge in [0.1, 0.15) is 6.10 Å². The fourth-order valence-corrected chi connectivity index (χ4v) is 1.74. The predicted molar refractivity (Wildman–Crippen MR) is 75.6 cm³/mol. The minimum atomic E-state index is -1.23. The summed E-state index contributed by atoms with van der Waals surface area (Å²) in [4.78, 5) is 8.18. The minimum absolute atomic E-state index is 0.0604. The van der Waals surface area contributed by atoms with Crippen LogP contribution in [0, 0.1) is 0 Å². The molecule has 9 nitrogen and oxygen atoms in total. The lowest BCUT2D eigenvalue weighted by Gasteiger charge is -2.20. The van der Waals surface area contributed by atoms with Gasteiger partial charge in [-0.05, 0) is 0 Å². The van der Waals surface area contributed by atoms with Gasteiger partial charge in [0.2, 0.25) is 0 Å². The molecule has 0 unspecified atom stereocenters. The Morgan fingerprint density at radius 3 is 1.91 bits per heavy atom. The van der Waals surface area contributed by atoms with E-state index in [-0.39, 0.29) is 19.6 Å². The largest absolute Gasteiger partial charge is 0.395 e. The maximum Gasteiger partial charge on any atom is 0.103 e. The number of hydrogen-bond donors (Lipinski definition) is 7. The van der Waals surface area contributed by atoms with Crippen LogP contribution < -0.4 is 5.32 Å². The van der Waals surface area contributed by atoms with Gasteiger partial charge in [-0.25, -0.2) is 0 Å². The highest BCUT2D eigenvalue weighted by molar-refractivity contribution is 5.04. The zero-order chi connectivity index (χ0) is 16.5. The van der Waals surface area contributed by atoms with Crippen LogP contribution >= 0.6 is 0 Å². The van der Waals surface area contributed by atoms with E-state index >= 15 is 0 Å². The highest BCUT2D eigenvalue weighted by Crippen LogP contribution is 2.04. The number of rotatable bonds is 10. The molecule has 0 fully saturated rings. The van der Waals surface area contributed by atoms with Gasteiger partial charge in [0, 0.05) is 19.2 Å². The van der Waals surface area contributed by atoms with Gasteiger partial charge in [0.25, 0.3) is 0 Å². The van der Waals surface area contributed by atoms with Crippen molar-refractivity contribution in [1.82, 2.24) is 15.3 Å². The Labute approximate surface area is 127 Å². The van der Waals surface area contributed by atoms with Crippen LogP contribution in [0.4, 0.5) is 0 Å². The topological polar surface area (TPSA) is 159 Å². The van der Waals surface area contributed by atoms with Crippen LogP contribution in [0.15, 0.2) is 12.4 Å².